The molecule has 96 valence electrons. The topological polar surface area (TPSA) is 29.5 Å². The molecule has 0 aromatic heterocycles. The van der Waals surface area contributed by atoms with Gasteiger partial charge >= 0.3 is 0 Å². The molecular weight excluding hydrogens is 216 g/mol. The van der Waals surface area contributed by atoms with E-state index in [2.05, 4.69) is 40.8 Å². The molecule has 0 bridgehead atoms. The van der Waals surface area contributed by atoms with Crippen molar-refractivity contribution in [3.63, 3.8) is 0 Å². The van der Waals surface area contributed by atoms with Crippen LogP contribution in [0.15, 0.2) is 12.2 Å². The zero-order valence-electron chi connectivity index (χ0n) is 11.7. The molecule has 3 heteroatoms. The van der Waals surface area contributed by atoms with Crippen LogP contribution in [0.5, 0.6) is 0 Å². The van der Waals surface area contributed by atoms with E-state index >= 15 is 0 Å². The number of aliphatic hydroxyl groups excluding tert-OH is 1. The Morgan fingerprint density at radius 3 is 2.25 bits per heavy atom. The van der Waals surface area contributed by atoms with Crippen LogP contribution in [-0.2, 0) is 4.43 Å². The van der Waals surface area contributed by atoms with E-state index < -0.39 is 8.32 Å². The molecule has 1 unspecified atom stereocenters. The third-order valence-electron chi connectivity index (χ3n) is 3.35. The minimum absolute atomic E-state index is 0.135. The van der Waals surface area contributed by atoms with Crippen molar-refractivity contribution in [2.24, 2.45) is 5.92 Å². The van der Waals surface area contributed by atoms with Gasteiger partial charge in [0.1, 0.15) is 0 Å². The van der Waals surface area contributed by atoms with Crippen molar-refractivity contribution in [2.45, 2.75) is 52.2 Å². The molecule has 0 fully saturated rings. The van der Waals surface area contributed by atoms with Crippen LogP contribution in [0.25, 0.3) is 0 Å². The Kier molecular flexibility index (Phi) is 6.52. The lowest BCUT2D eigenvalue weighted by molar-refractivity contribution is 0.238. The Morgan fingerprint density at radius 1 is 1.25 bits per heavy atom. The highest BCUT2D eigenvalue weighted by atomic mass is 28.4. The molecular formula is C13H28O2Si. The molecule has 16 heavy (non-hydrogen) atoms. The number of aliphatic hydroxyl groups is 1. The van der Waals surface area contributed by atoms with Gasteiger partial charge < -0.3 is 9.53 Å². The van der Waals surface area contributed by atoms with Gasteiger partial charge in [0.15, 0.2) is 8.32 Å². The smallest absolute Gasteiger partial charge is 0.191 e. The van der Waals surface area contributed by atoms with E-state index in [0.29, 0.717) is 5.92 Å². The molecule has 0 saturated heterocycles. The van der Waals surface area contributed by atoms with Gasteiger partial charge in [0, 0.05) is 6.61 Å². The fraction of sp³-hybridized carbons (Fsp3) is 0.846. The average molecular weight is 244 g/mol. The first kappa shape index (κ1) is 15.9. The quantitative estimate of drug-likeness (QED) is 0.571. The Labute approximate surface area is 102 Å². The van der Waals surface area contributed by atoms with Gasteiger partial charge in [-0.2, -0.15) is 0 Å². The van der Waals surface area contributed by atoms with Crippen LogP contribution in [-0.4, -0.2) is 26.6 Å². The van der Waals surface area contributed by atoms with Crippen LogP contribution >= 0.6 is 0 Å². The Morgan fingerprint density at radius 2 is 1.81 bits per heavy atom. The summed E-state index contributed by atoms with van der Waals surface area (Å²) < 4.78 is 6.13. The fourth-order valence-electron chi connectivity index (χ4n) is 1.04. The summed E-state index contributed by atoms with van der Waals surface area (Å²) in [4.78, 5) is 0. The molecule has 0 aliphatic carbocycles. The van der Waals surface area contributed by atoms with Crippen molar-refractivity contribution >= 4 is 8.32 Å². The third kappa shape index (κ3) is 5.82. The molecule has 0 aromatic rings. The second kappa shape index (κ2) is 6.57. The summed E-state index contributed by atoms with van der Waals surface area (Å²) >= 11 is 0. The van der Waals surface area contributed by atoms with E-state index in [4.69, 9.17) is 9.53 Å². The highest BCUT2D eigenvalue weighted by Crippen LogP contribution is 2.36. The molecule has 0 aliphatic rings. The number of rotatable bonds is 6. The minimum Gasteiger partial charge on any atom is -0.417 e. The van der Waals surface area contributed by atoms with Crippen molar-refractivity contribution in [1.82, 2.24) is 0 Å². The Balaban J connectivity index is 4.00. The summed E-state index contributed by atoms with van der Waals surface area (Å²) in [5, 5.41) is 8.92. The maximum atomic E-state index is 8.63. The molecule has 0 heterocycles. The van der Waals surface area contributed by atoms with Crippen LogP contribution in [0.4, 0.5) is 0 Å². The Hall–Kier alpha value is -0.123. The predicted octanol–water partition coefficient (Wildman–Crippen LogP) is 3.58. The molecule has 0 aliphatic heterocycles. The molecule has 2 nitrogen and oxygen atoms in total. The summed E-state index contributed by atoms with van der Waals surface area (Å²) in [5.74, 6) is 0.525. The van der Waals surface area contributed by atoms with Crippen molar-refractivity contribution in [1.29, 1.82) is 0 Å². The van der Waals surface area contributed by atoms with E-state index in [1.54, 1.807) is 6.08 Å². The van der Waals surface area contributed by atoms with Crippen LogP contribution < -0.4 is 0 Å². The van der Waals surface area contributed by atoms with Gasteiger partial charge in [0.05, 0.1) is 6.61 Å². The first-order chi connectivity index (χ1) is 7.20. The summed E-state index contributed by atoms with van der Waals surface area (Å²) in [5.41, 5.74) is 0. The standard InChI is InChI=1S/C13H28O2Si/c1-12(9-7-8-10-14)11-15-16(5,6)13(2,3)4/h7-8,12,14H,9-11H2,1-6H3. The summed E-state index contributed by atoms with van der Waals surface area (Å²) in [7, 11) is -1.59. The SMILES string of the molecule is CC(CC=CCO)CO[Si](C)(C)C(C)(C)C. The highest BCUT2D eigenvalue weighted by molar-refractivity contribution is 6.74. The lowest BCUT2D eigenvalue weighted by Gasteiger charge is -2.36. The lowest BCUT2D eigenvalue weighted by Crippen LogP contribution is -2.41. The molecule has 0 rings (SSSR count). The molecule has 0 spiro atoms. The zero-order chi connectivity index (χ0) is 12.8. The van der Waals surface area contributed by atoms with Gasteiger partial charge in [-0.3, -0.25) is 0 Å². The number of allylic oxidation sites excluding steroid dienone is 1. The fourth-order valence-corrected chi connectivity index (χ4v) is 2.17. The first-order valence-corrected chi connectivity index (χ1v) is 9.01. The second-order valence-electron chi connectivity index (χ2n) is 6.07. The zero-order valence-corrected chi connectivity index (χ0v) is 12.7. The summed E-state index contributed by atoms with van der Waals surface area (Å²) in [6, 6.07) is 0. The number of hydrogen-bond donors (Lipinski definition) is 1. The predicted molar refractivity (Wildman–Crippen MR) is 73.2 cm³/mol. The van der Waals surface area contributed by atoms with Gasteiger partial charge in [-0.1, -0.05) is 39.8 Å². The van der Waals surface area contributed by atoms with Crippen molar-refractivity contribution in [3.05, 3.63) is 12.2 Å². The van der Waals surface area contributed by atoms with Crippen LogP contribution in [0.2, 0.25) is 18.1 Å². The molecule has 1 N–H and O–H groups in total. The average Bonchev–Trinajstić information content (AvgIpc) is 2.13. The Bertz CT molecular complexity index is 216. The van der Waals surface area contributed by atoms with E-state index in [1.807, 2.05) is 6.08 Å². The van der Waals surface area contributed by atoms with Crippen molar-refractivity contribution < 1.29 is 9.53 Å². The van der Waals surface area contributed by atoms with Crippen LogP contribution in [0, 0.1) is 5.92 Å². The second-order valence-corrected chi connectivity index (χ2v) is 10.9. The van der Waals surface area contributed by atoms with Gasteiger partial charge in [-0.05, 0) is 30.5 Å². The van der Waals surface area contributed by atoms with Crippen molar-refractivity contribution in [2.75, 3.05) is 13.2 Å². The monoisotopic (exact) mass is 244 g/mol. The summed E-state index contributed by atoms with van der Waals surface area (Å²) in [6.45, 7) is 14.5. The van der Waals surface area contributed by atoms with Crippen LogP contribution in [0.3, 0.4) is 0 Å². The molecule has 0 saturated carbocycles. The van der Waals surface area contributed by atoms with E-state index in [0.717, 1.165) is 13.0 Å². The van der Waals surface area contributed by atoms with Gasteiger partial charge in [0.25, 0.3) is 0 Å². The molecule has 0 aromatic carbocycles. The molecule has 1 atom stereocenters. The summed E-state index contributed by atoms with van der Waals surface area (Å²) in [6.07, 6.45) is 4.80. The molecule has 0 amide bonds. The van der Waals surface area contributed by atoms with Crippen molar-refractivity contribution in [3.8, 4) is 0 Å². The van der Waals surface area contributed by atoms with Gasteiger partial charge in [-0.25, -0.2) is 0 Å². The highest BCUT2D eigenvalue weighted by Gasteiger charge is 2.37. The number of hydrogen-bond acceptors (Lipinski definition) is 2. The maximum absolute atomic E-state index is 8.63. The normalized spacial score (nSPS) is 15.7. The first-order valence-electron chi connectivity index (χ1n) is 6.10. The van der Waals surface area contributed by atoms with E-state index in [-0.39, 0.29) is 11.6 Å². The van der Waals surface area contributed by atoms with Gasteiger partial charge in [-0.15, -0.1) is 0 Å². The van der Waals surface area contributed by atoms with Gasteiger partial charge in [0.2, 0.25) is 0 Å². The van der Waals surface area contributed by atoms with E-state index in [1.165, 1.54) is 0 Å². The molecule has 0 radical (unpaired) electrons. The minimum atomic E-state index is -1.59. The third-order valence-corrected chi connectivity index (χ3v) is 7.85. The largest absolute Gasteiger partial charge is 0.417 e. The van der Waals surface area contributed by atoms with E-state index in [9.17, 15) is 0 Å². The maximum Gasteiger partial charge on any atom is 0.191 e. The lowest BCUT2D eigenvalue weighted by atomic mass is 10.1. The van der Waals surface area contributed by atoms with Crippen LogP contribution in [0.1, 0.15) is 34.1 Å².